The highest BCUT2D eigenvalue weighted by Crippen LogP contribution is 2.44. The van der Waals surface area contributed by atoms with Crippen LogP contribution in [0.15, 0.2) is 93.8 Å². The number of nitrogens with one attached hydrogen (secondary N) is 1. The predicted octanol–water partition coefficient (Wildman–Crippen LogP) is 5.87. The number of pyridine rings is 2. The van der Waals surface area contributed by atoms with Crippen molar-refractivity contribution in [2.24, 2.45) is 0 Å². The molecule has 5 aromatic rings. The number of nitrogens with zero attached hydrogens (tertiary/aromatic N) is 3. The molecule has 3 heterocycles. The van der Waals surface area contributed by atoms with Gasteiger partial charge in [-0.15, -0.1) is 11.3 Å². The number of rotatable bonds is 7. The van der Waals surface area contributed by atoms with Crippen molar-refractivity contribution in [1.82, 2.24) is 15.0 Å². The van der Waals surface area contributed by atoms with Crippen molar-refractivity contribution in [1.29, 1.82) is 0 Å². The van der Waals surface area contributed by atoms with Crippen molar-refractivity contribution in [3.05, 3.63) is 100 Å². The van der Waals surface area contributed by atoms with Gasteiger partial charge in [0.05, 0.1) is 20.5 Å². The molecule has 0 saturated heterocycles. The zero-order valence-corrected chi connectivity index (χ0v) is 23.2. The van der Waals surface area contributed by atoms with E-state index in [1.165, 1.54) is 23.5 Å². The molecule has 8 nitrogen and oxygen atoms in total. The Labute approximate surface area is 230 Å². The second-order valence-electron chi connectivity index (χ2n) is 8.90. The number of sulfone groups is 1. The van der Waals surface area contributed by atoms with Crippen LogP contribution in [0.3, 0.4) is 0 Å². The Morgan fingerprint density at radius 2 is 1.72 bits per heavy atom. The monoisotopic (exact) mass is 558 g/mol. The summed E-state index contributed by atoms with van der Waals surface area (Å²) in [5.74, 6) is -0.612. The Hall–Kier alpha value is -4.28. The molecule has 5 rings (SSSR count). The summed E-state index contributed by atoms with van der Waals surface area (Å²) in [5.41, 5.74) is 2.99. The van der Waals surface area contributed by atoms with Gasteiger partial charge in [0, 0.05) is 30.8 Å². The average Bonchev–Trinajstić information content (AvgIpc) is 3.37. The Kier molecular flexibility index (Phi) is 7.07. The number of benzene rings is 2. The Balaban J connectivity index is 1.70. The number of aromatic amines is 1. The molecule has 0 unspecified atom stereocenters. The summed E-state index contributed by atoms with van der Waals surface area (Å²) >= 11 is 1.33. The van der Waals surface area contributed by atoms with Crippen LogP contribution < -0.4 is 10.5 Å². The van der Waals surface area contributed by atoms with E-state index in [1.807, 2.05) is 57.2 Å². The highest BCUT2D eigenvalue weighted by atomic mass is 32.2. The normalized spacial score (nSPS) is 11.5. The number of para-hydroxylation sites is 1. The molecule has 0 aliphatic heterocycles. The van der Waals surface area contributed by atoms with E-state index in [-0.39, 0.29) is 10.6 Å². The van der Waals surface area contributed by atoms with Gasteiger partial charge < -0.3 is 15.0 Å². The van der Waals surface area contributed by atoms with E-state index in [9.17, 15) is 18.3 Å². The van der Waals surface area contributed by atoms with Gasteiger partial charge in [0.1, 0.15) is 5.69 Å². The Morgan fingerprint density at radius 3 is 2.33 bits per heavy atom. The number of anilines is 2. The molecule has 2 N–H and O–H groups in total. The first-order chi connectivity index (χ1) is 18.7. The number of aryl methyl sites for hydroxylation is 2. The molecule has 0 aliphatic rings. The number of thiazole rings is 1. The number of hydrogen-bond acceptors (Lipinski definition) is 8. The highest BCUT2D eigenvalue weighted by Gasteiger charge is 2.32. The van der Waals surface area contributed by atoms with Gasteiger partial charge in [-0.2, -0.15) is 0 Å². The van der Waals surface area contributed by atoms with Crippen LogP contribution in [0.1, 0.15) is 17.5 Å². The van der Waals surface area contributed by atoms with Gasteiger partial charge in [-0.25, -0.2) is 13.4 Å². The van der Waals surface area contributed by atoms with E-state index in [0.717, 1.165) is 27.4 Å². The minimum atomic E-state index is -4.39. The number of aromatic hydroxyl groups is 1. The van der Waals surface area contributed by atoms with Crippen LogP contribution in [0, 0.1) is 13.8 Å². The maximum Gasteiger partial charge on any atom is 0.271 e. The van der Waals surface area contributed by atoms with Crippen LogP contribution in [-0.4, -0.2) is 35.0 Å². The molecule has 0 bridgehead atoms. The van der Waals surface area contributed by atoms with Crippen molar-refractivity contribution >= 4 is 32.5 Å². The van der Waals surface area contributed by atoms with Crippen LogP contribution >= 0.6 is 11.3 Å². The van der Waals surface area contributed by atoms with Gasteiger partial charge in [0.2, 0.25) is 9.84 Å². The summed E-state index contributed by atoms with van der Waals surface area (Å²) < 4.78 is 27.6. The van der Waals surface area contributed by atoms with E-state index in [2.05, 4.69) is 15.0 Å². The Morgan fingerprint density at radius 1 is 1.00 bits per heavy atom. The third-order valence-corrected chi connectivity index (χ3v) is 9.15. The molecule has 3 aromatic heterocycles. The first-order valence-corrected chi connectivity index (χ1v) is 14.5. The molecule has 0 spiro atoms. The van der Waals surface area contributed by atoms with Crippen molar-refractivity contribution in [3.63, 3.8) is 0 Å². The summed E-state index contributed by atoms with van der Waals surface area (Å²) in [6, 6.07) is 17.4. The largest absolute Gasteiger partial charge is 0.504 e. The lowest BCUT2D eigenvalue weighted by Crippen LogP contribution is -2.24. The van der Waals surface area contributed by atoms with Gasteiger partial charge in [-0.05, 0) is 67.8 Å². The topological polar surface area (TPSA) is 116 Å². The molecule has 10 heteroatoms. The van der Waals surface area contributed by atoms with Crippen molar-refractivity contribution in [3.8, 4) is 27.4 Å². The van der Waals surface area contributed by atoms with Gasteiger partial charge in [0.25, 0.3) is 5.56 Å². The fraction of sp³-hybridized carbons (Fsp3) is 0.138. The van der Waals surface area contributed by atoms with Crippen LogP contribution in [-0.2, 0) is 9.84 Å². The first kappa shape index (κ1) is 26.3. The van der Waals surface area contributed by atoms with Gasteiger partial charge in [-0.1, -0.05) is 30.3 Å². The van der Waals surface area contributed by atoms with Crippen LogP contribution in [0.4, 0.5) is 11.4 Å². The number of hydrogen-bond donors (Lipinski definition) is 2. The number of H-pyrrole nitrogens is 1. The maximum atomic E-state index is 13.8. The van der Waals surface area contributed by atoms with E-state index < -0.39 is 26.0 Å². The molecule has 0 radical (unpaired) electrons. The summed E-state index contributed by atoms with van der Waals surface area (Å²) in [4.78, 5) is 26.1. The minimum absolute atomic E-state index is 0.103. The zero-order valence-electron chi connectivity index (χ0n) is 21.5. The molecular formula is C29H26N4O4S2. The molecule has 39 heavy (non-hydrogen) atoms. The second-order valence-corrected chi connectivity index (χ2v) is 12.0. The third kappa shape index (κ3) is 4.84. The zero-order chi connectivity index (χ0) is 27.7. The molecule has 0 atom stereocenters. The fourth-order valence-corrected chi connectivity index (χ4v) is 6.69. The second kappa shape index (κ2) is 10.5. The van der Waals surface area contributed by atoms with E-state index in [1.54, 1.807) is 35.6 Å². The predicted molar refractivity (Wildman–Crippen MR) is 154 cm³/mol. The first-order valence-electron chi connectivity index (χ1n) is 12.2. The molecule has 0 saturated carbocycles. The maximum absolute atomic E-state index is 13.8. The lowest BCUT2D eigenvalue weighted by molar-refractivity contribution is 0.456. The van der Waals surface area contributed by atoms with Crippen molar-refractivity contribution in [2.45, 2.75) is 30.6 Å². The van der Waals surface area contributed by atoms with Gasteiger partial charge in [-0.3, -0.25) is 9.78 Å². The quantitative estimate of drug-likeness (QED) is 0.256. The summed E-state index contributed by atoms with van der Waals surface area (Å²) in [7, 11) is -4.39. The van der Waals surface area contributed by atoms with Crippen molar-refractivity contribution < 1.29 is 13.5 Å². The fourth-order valence-electron chi connectivity index (χ4n) is 4.54. The molecule has 0 fully saturated rings. The van der Waals surface area contributed by atoms with Crippen LogP contribution in [0.5, 0.6) is 5.75 Å². The molecule has 0 amide bonds. The Bertz CT molecular complexity index is 1810. The third-order valence-electron chi connectivity index (χ3n) is 6.41. The molecule has 2 aromatic carbocycles. The van der Waals surface area contributed by atoms with E-state index >= 15 is 0 Å². The highest BCUT2D eigenvalue weighted by molar-refractivity contribution is 7.91. The summed E-state index contributed by atoms with van der Waals surface area (Å²) in [6.45, 7) is 6.03. The molecular weight excluding hydrogens is 532 g/mol. The van der Waals surface area contributed by atoms with Crippen LogP contribution in [0.2, 0.25) is 0 Å². The van der Waals surface area contributed by atoms with E-state index in [4.69, 9.17) is 0 Å². The summed E-state index contributed by atoms with van der Waals surface area (Å²) in [6.07, 6.45) is 5.00. The lowest BCUT2D eigenvalue weighted by atomic mass is 10.0. The van der Waals surface area contributed by atoms with Crippen molar-refractivity contribution in [2.75, 3.05) is 11.4 Å². The van der Waals surface area contributed by atoms with Gasteiger partial charge in [0.15, 0.2) is 10.6 Å². The average molecular weight is 559 g/mol. The minimum Gasteiger partial charge on any atom is -0.504 e. The van der Waals surface area contributed by atoms with Gasteiger partial charge >= 0.3 is 0 Å². The molecule has 0 aliphatic carbocycles. The van der Waals surface area contributed by atoms with E-state index in [0.29, 0.717) is 17.1 Å². The number of aromatic nitrogens is 3. The van der Waals surface area contributed by atoms with Crippen LogP contribution in [0.25, 0.3) is 21.7 Å². The SMILES string of the molecule is CCN(c1ccccc1)c1c(-c2cnc(C)s2)[nH]c(=O)c(S(=O)(=O)c2ccc(-c3ccncc3C)cc2)c1O. The lowest BCUT2D eigenvalue weighted by Gasteiger charge is -2.27. The summed E-state index contributed by atoms with van der Waals surface area (Å²) in [5, 5.41) is 12.3. The standard InChI is InChI=1S/C29H26N4O4S2/c1-4-33(21-8-6-5-7-9-21)26-25(24-17-31-19(3)38-24)32-29(35)28(27(26)34)39(36,37)22-12-10-20(11-13-22)23-14-15-30-16-18(23)2/h5-17H,4H2,1-3H3,(H2,32,34,35). The molecule has 198 valence electrons. The smallest absolute Gasteiger partial charge is 0.271 e.